The molecule has 0 bridgehead atoms. The van der Waals surface area contributed by atoms with E-state index < -0.39 is 10.0 Å². The summed E-state index contributed by atoms with van der Waals surface area (Å²) in [5, 5.41) is 0.199. The zero-order chi connectivity index (χ0) is 14.8. The molecule has 1 N–H and O–H groups in total. The first-order valence-corrected chi connectivity index (χ1v) is 8.06. The third-order valence-corrected chi connectivity index (χ3v) is 4.89. The smallest absolute Gasteiger partial charge is 0.263 e. The molecule has 1 aromatic carbocycles. The van der Waals surface area contributed by atoms with Gasteiger partial charge in [-0.1, -0.05) is 17.7 Å². The summed E-state index contributed by atoms with van der Waals surface area (Å²) in [6.45, 7) is 0. The lowest BCUT2D eigenvalue weighted by Crippen LogP contribution is -2.13. The summed E-state index contributed by atoms with van der Waals surface area (Å²) in [6, 6.07) is 8.00. The quantitative estimate of drug-likeness (QED) is 0.830. The van der Waals surface area contributed by atoms with Crippen LogP contribution in [0.1, 0.15) is 0 Å². The standard InChI is InChI=1S/C12H10BrClN2O3S/c1-19-9-4-2-3-8(5-9)16-20(17,18)10-6-11(13)12(14)15-7-10/h2-7,16H,1H3. The molecule has 0 fully saturated rings. The van der Waals surface area contributed by atoms with Crippen molar-refractivity contribution in [3.05, 3.63) is 46.2 Å². The number of rotatable bonds is 4. The number of ether oxygens (including phenoxy) is 1. The minimum Gasteiger partial charge on any atom is -0.497 e. The molecule has 0 radical (unpaired) electrons. The molecular formula is C12H10BrClN2O3S. The van der Waals surface area contributed by atoms with E-state index in [0.29, 0.717) is 15.9 Å². The number of benzene rings is 1. The Labute approximate surface area is 130 Å². The molecule has 2 rings (SSSR count). The Hall–Kier alpha value is -1.31. The molecule has 0 unspecified atom stereocenters. The van der Waals surface area contributed by atoms with E-state index in [9.17, 15) is 8.42 Å². The summed E-state index contributed by atoms with van der Waals surface area (Å²) in [6.07, 6.45) is 1.19. The van der Waals surface area contributed by atoms with Crippen molar-refractivity contribution in [2.75, 3.05) is 11.8 Å². The van der Waals surface area contributed by atoms with E-state index in [2.05, 4.69) is 25.6 Å². The van der Waals surface area contributed by atoms with Crippen molar-refractivity contribution in [3.8, 4) is 5.75 Å². The average Bonchev–Trinajstić information content (AvgIpc) is 2.41. The molecule has 8 heteroatoms. The van der Waals surface area contributed by atoms with Crippen LogP contribution in [0.2, 0.25) is 5.15 Å². The van der Waals surface area contributed by atoms with Crippen molar-refractivity contribution in [3.63, 3.8) is 0 Å². The predicted octanol–water partition coefficient (Wildman–Crippen LogP) is 3.31. The number of aromatic nitrogens is 1. The fraction of sp³-hybridized carbons (Fsp3) is 0.0833. The minimum atomic E-state index is -3.73. The fourth-order valence-electron chi connectivity index (χ4n) is 1.45. The maximum absolute atomic E-state index is 12.2. The number of methoxy groups -OCH3 is 1. The summed E-state index contributed by atoms with van der Waals surface area (Å²) in [5.74, 6) is 0.556. The lowest BCUT2D eigenvalue weighted by Gasteiger charge is -2.09. The van der Waals surface area contributed by atoms with E-state index in [1.807, 2.05) is 0 Å². The SMILES string of the molecule is COc1cccc(NS(=O)(=O)c2cnc(Cl)c(Br)c2)c1. The molecule has 0 aliphatic heterocycles. The molecule has 0 amide bonds. The number of anilines is 1. The van der Waals surface area contributed by atoms with Gasteiger partial charge in [0.2, 0.25) is 0 Å². The van der Waals surface area contributed by atoms with Crippen LogP contribution in [0.5, 0.6) is 5.75 Å². The van der Waals surface area contributed by atoms with Crippen LogP contribution in [0.15, 0.2) is 45.9 Å². The third-order valence-electron chi connectivity index (χ3n) is 2.40. The number of pyridine rings is 1. The molecule has 5 nitrogen and oxygen atoms in total. The van der Waals surface area contributed by atoms with Gasteiger partial charge in [-0.05, 0) is 34.1 Å². The highest BCUT2D eigenvalue weighted by molar-refractivity contribution is 9.10. The molecule has 106 valence electrons. The van der Waals surface area contributed by atoms with Crippen LogP contribution in [0, 0.1) is 0 Å². The van der Waals surface area contributed by atoms with E-state index in [-0.39, 0.29) is 10.0 Å². The first-order chi connectivity index (χ1) is 9.42. The summed E-state index contributed by atoms with van der Waals surface area (Å²) >= 11 is 8.88. The number of halogens is 2. The largest absolute Gasteiger partial charge is 0.497 e. The van der Waals surface area contributed by atoms with E-state index in [1.165, 1.54) is 19.4 Å². The Balaban J connectivity index is 2.32. The van der Waals surface area contributed by atoms with Crippen LogP contribution in [-0.4, -0.2) is 20.5 Å². The lowest BCUT2D eigenvalue weighted by atomic mass is 10.3. The van der Waals surface area contributed by atoms with Crippen molar-refractivity contribution in [2.24, 2.45) is 0 Å². The molecule has 0 saturated carbocycles. The Morgan fingerprint density at radius 1 is 1.35 bits per heavy atom. The Morgan fingerprint density at radius 3 is 2.75 bits per heavy atom. The van der Waals surface area contributed by atoms with Gasteiger partial charge in [-0.3, -0.25) is 4.72 Å². The highest BCUT2D eigenvalue weighted by Crippen LogP contribution is 2.25. The van der Waals surface area contributed by atoms with Crippen LogP contribution in [0.25, 0.3) is 0 Å². The highest BCUT2D eigenvalue weighted by Gasteiger charge is 2.16. The highest BCUT2D eigenvalue weighted by atomic mass is 79.9. The summed E-state index contributed by atoms with van der Waals surface area (Å²) in [7, 11) is -2.23. The molecule has 0 aliphatic carbocycles. The van der Waals surface area contributed by atoms with Crippen LogP contribution in [-0.2, 0) is 10.0 Å². The molecule has 0 saturated heterocycles. The molecule has 20 heavy (non-hydrogen) atoms. The van der Waals surface area contributed by atoms with E-state index in [1.54, 1.807) is 24.3 Å². The normalized spacial score (nSPS) is 11.2. The second-order valence-electron chi connectivity index (χ2n) is 3.78. The second-order valence-corrected chi connectivity index (χ2v) is 6.68. The number of nitrogens with one attached hydrogen (secondary N) is 1. The molecule has 1 heterocycles. The monoisotopic (exact) mass is 376 g/mol. The van der Waals surface area contributed by atoms with Gasteiger partial charge in [-0.15, -0.1) is 0 Å². The third kappa shape index (κ3) is 3.41. The van der Waals surface area contributed by atoms with E-state index in [0.717, 1.165) is 0 Å². The minimum absolute atomic E-state index is 0.0107. The Kier molecular flexibility index (Phi) is 4.52. The van der Waals surface area contributed by atoms with Crippen LogP contribution in [0.4, 0.5) is 5.69 Å². The van der Waals surface area contributed by atoms with E-state index >= 15 is 0 Å². The zero-order valence-electron chi connectivity index (χ0n) is 10.3. The van der Waals surface area contributed by atoms with Gasteiger partial charge in [0.25, 0.3) is 10.0 Å². The van der Waals surface area contributed by atoms with E-state index in [4.69, 9.17) is 16.3 Å². The maximum Gasteiger partial charge on any atom is 0.263 e. The van der Waals surface area contributed by atoms with Crippen molar-refractivity contribution >= 4 is 43.2 Å². The summed E-state index contributed by atoms with van der Waals surface area (Å²) in [5.41, 5.74) is 0.399. The molecule has 2 aromatic rings. The summed E-state index contributed by atoms with van der Waals surface area (Å²) in [4.78, 5) is 3.81. The van der Waals surface area contributed by atoms with Crippen molar-refractivity contribution < 1.29 is 13.2 Å². The average molecular weight is 378 g/mol. The zero-order valence-corrected chi connectivity index (χ0v) is 13.5. The molecule has 1 aromatic heterocycles. The molecule has 0 atom stereocenters. The molecule has 0 spiro atoms. The van der Waals surface area contributed by atoms with Crippen LogP contribution < -0.4 is 9.46 Å². The molecular weight excluding hydrogens is 368 g/mol. The first-order valence-electron chi connectivity index (χ1n) is 5.40. The van der Waals surface area contributed by atoms with Gasteiger partial charge < -0.3 is 4.74 Å². The topological polar surface area (TPSA) is 68.3 Å². The van der Waals surface area contributed by atoms with Gasteiger partial charge in [0.05, 0.1) is 17.3 Å². The van der Waals surface area contributed by atoms with Gasteiger partial charge >= 0.3 is 0 Å². The maximum atomic E-state index is 12.2. The number of sulfonamides is 1. The van der Waals surface area contributed by atoms with Crippen molar-refractivity contribution in [1.29, 1.82) is 0 Å². The van der Waals surface area contributed by atoms with Gasteiger partial charge in [0.15, 0.2) is 0 Å². The predicted molar refractivity (Wildman–Crippen MR) is 80.7 cm³/mol. The van der Waals surface area contributed by atoms with Crippen molar-refractivity contribution in [2.45, 2.75) is 4.90 Å². The number of hydrogen-bond donors (Lipinski definition) is 1. The fourth-order valence-corrected chi connectivity index (χ4v) is 3.07. The van der Waals surface area contributed by atoms with Crippen LogP contribution in [0.3, 0.4) is 0 Å². The second kappa shape index (κ2) is 5.99. The van der Waals surface area contributed by atoms with Gasteiger partial charge in [0.1, 0.15) is 15.8 Å². The van der Waals surface area contributed by atoms with Gasteiger partial charge in [-0.25, -0.2) is 13.4 Å². The lowest BCUT2D eigenvalue weighted by molar-refractivity contribution is 0.415. The molecule has 0 aliphatic rings. The number of hydrogen-bond acceptors (Lipinski definition) is 4. The van der Waals surface area contributed by atoms with Gasteiger partial charge in [-0.2, -0.15) is 0 Å². The Morgan fingerprint density at radius 2 is 2.10 bits per heavy atom. The van der Waals surface area contributed by atoms with Crippen LogP contribution >= 0.6 is 27.5 Å². The Bertz CT molecular complexity index is 737. The van der Waals surface area contributed by atoms with Crippen molar-refractivity contribution in [1.82, 2.24) is 4.98 Å². The summed E-state index contributed by atoms with van der Waals surface area (Å²) < 4.78 is 32.3. The number of nitrogens with zero attached hydrogens (tertiary/aromatic N) is 1. The van der Waals surface area contributed by atoms with Gasteiger partial charge in [0, 0.05) is 12.3 Å². The first kappa shape index (κ1) is 15.1.